The van der Waals surface area contributed by atoms with E-state index < -0.39 is 0 Å². The largest absolute Gasteiger partial charge is 0.317 e. The van der Waals surface area contributed by atoms with E-state index in [0.717, 1.165) is 18.1 Å². The van der Waals surface area contributed by atoms with Crippen LogP contribution in [0.2, 0.25) is 0 Å². The van der Waals surface area contributed by atoms with E-state index in [1.54, 1.807) is 4.88 Å². The van der Waals surface area contributed by atoms with Crippen LogP contribution < -0.4 is 5.32 Å². The average Bonchev–Trinajstić information content (AvgIpc) is 2.99. The van der Waals surface area contributed by atoms with Crippen LogP contribution in [0.5, 0.6) is 0 Å². The van der Waals surface area contributed by atoms with E-state index in [4.69, 9.17) is 0 Å². The first-order chi connectivity index (χ1) is 8.83. The lowest BCUT2D eigenvalue weighted by Gasteiger charge is -2.43. The number of piperidine rings is 1. The molecule has 2 nitrogen and oxygen atoms in total. The predicted octanol–water partition coefficient (Wildman–Crippen LogP) is 3.41. The second kappa shape index (κ2) is 5.32. The maximum Gasteiger partial charge on any atom is 0.0444 e. The number of fused-ring (bicyclic) bond motifs is 2. The van der Waals surface area contributed by atoms with E-state index in [2.05, 4.69) is 41.7 Å². The Morgan fingerprint density at radius 2 is 2.11 bits per heavy atom. The summed E-state index contributed by atoms with van der Waals surface area (Å²) >= 11 is 1.93. The number of rotatable bonds is 4. The van der Waals surface area contributed by atoms with Crippen molar-refractivity contribution in [2.75, 3.05) is 7.05 Å². The second-order valence-corrected chi connectivity index (χ2v) is 6.71. The topological polar surface area (TPSA) is 15.3 Å². The van der Waals surface area contributed by atoms with Crippen molar-refractivity contribution in [3.05, 3.63) is 22.4 Å². The van der Waals surface area contributed by atoms with E-state index in [1.807, 2.05) is 11.3 Å². The van der Waals surface area contributed by atoms with Gasteiger partial charge in [-0.3, -0.25) is 4.90 Å². The van der Waals surface area contributed by atoms with Crippen molar-refractivity contribution < 1.29 is 0 Å². The molecule has 0 aromatic carbocycles. The van der Waals surface area contributed by atoms with Crippen molar-refractivity contribution in [1.82, 2.24) is 10.2 Å². The normalized spacial score (nSPS) is 33.8. The van der Waals surface area contributed by atoms with Crippen molar-refractivity contribution in [2.24, 2.45) is 0 Å². The van der Waals surface area contributed by atoms with Gasteiger partial charge in [-0.25, -0.2) is 0 Å². The van der Waals surface area contributed by atoms with E-state index in [9.17, 15) is 0 Å². The quantitative estimate of drug-likeness (QED) is 0.896. The molecule has 0 radical (unpaired) electrons. The van der Waals surface area contributed by atoms with Crippen molar-refractivity contribution >= 4 is 11.3 Å². The molecule has 0 spiro atoms. The lowest BCUT2D eigenvalue weighted by Crippen LogP contribution is -2.49. The smallest absolute Gasteiger partial charge is 0.0444 e. The van der Waals surface area contributed by atoms with Crippen LogP contribution in [-0.2, 0) is 0 Å². The first-order valence-corrected chi connectivity index (χ1v) is 8.19. The number of thiophene rings is 1. The molecule has 0 saturated carbocycles. The van der Waals surface area contributed by atoms with E-state index >= 15 is 0 Å². The number of hydrogen-bond acceptors (Lipinski definition) is 3. The molecule has 2 aliphatic heterocycles. The molecule has 3 heterocycles. The minimum absolute atomic E-state index is 0.667. The van der Waals surface area contributed by atoms with Crippen LogP contribution >= 0.6 is 11.3 Å². The van der Waals surface area contributed by atoms with Crippen molar-refractivity contribution in [3.8, 4) is 0 Å². The summed E-state index contributed by atoms with van der Waals surface area (Å²) in [5.74, 6) is 0. The van der Waals surface area contributed by atoms with Crippen LogP contribution in [0.15, 0.2) is 17.5 Å². The molecule has 3 unspecified atom stereocenters. The summed E-state index contributed by atoms with van der Waals surface area (Å²) in [6.45, 7) is 2.34. The molecule has 2 aliphatic rings. The van der Waals surface area contributed by atoms with Crippen LogP contribution in [0.4, 0.5) is 0 Å². The van der Waals surface area contributed by atoms with Crippen LogP contribution in [0.1, 0.15) is 49.9 Å². The van der Waals surface area contributed by atoms with E-state index in [1.165, 1.54) is 32.1 Å². The molecule has 3 heteroatoms. The van der Waals surface area contributed by atoms with Gasteiger partial charge in [-0.1, -0.05) is 13.0 Å². The Morgan fingerprint density at radius 3 is 2.61 bits per heavy atom. The zero-order valence-electron chi connectivity index (χ0n) is 11.4. The third kappa shape index (κ3) is 2.13. The molecule has 0 aliphatic carbocycles. The third-order valence-corrected chi connectivity index (χ3v) is 5.79. The first kappa shape index (κ1) is 12.6. The molecular weight excluding hydrogens is 240 g/mol. The van der Waals surface area contributed by atoms with Crippen molar-refractivity contribution in [3.63, 3.8) is 0 Å². The summed E-state index contributed by atoms with van der Waals surface area (Å²) in [6.07, 6.45) is 6.75. The highest BCUT2D eigenvalue weighted by molar-refractivity contribution is 7.10. The molecule has 2 bridgehead atoms. The maximum absolute atomic E-state index is 3.49. The first-order valence-electron chi connectivity index (χ1n) is 7.31. The van der Waals surface area contributed by atoms with Crippen LogP contribution in [-0.4, -0.2) is 30.1 Å². The predicted molar refractivity (Wildman–Crippen MR) is 78.1 cm³/mol. The van der Waals surface area contributed by atoms with Gasteiger partial charge in [-0.05, 0) is 50.6 Å². The Morgan fingerprint density at radius 1 is 1.39 bits per heavy atom. The van der Waals surface area contributed by atoms with Gasteiger partial charge >= 0.3 is 0 Å². The molecule has 1 N–H and O–H groups in total. The molecule has 3 atom stereocenters. The monoisotopic (exact) mass is 264 g/mol. The Balaban J connectivity index is 1.80. The molecule has 18 heavy (non-hydrogen) atoms. The minimum Gasteiger partial charge on any atom is -0.317 e. The number of hydrogen-bond donors (Lipinski definition) is 1. The van der Waals surface area contributed by atoms with E-state index in [-0.39, 0.29) is 0 Å². The van der Waals surface area contributed by atoms with Gasteiger partial charge in [0.2, 0.25) is 0 Å². The van der Waals surface area contributed by atoms with Crippen molar-refractivity contribution in [1.29, 1.82) is 0 Å². The molecule has 100 valence electrons. The molecule has 3 rings (SSSR count). The number of nitrogens with one attached hydrogen (secondary N) is 1. The fraction of sp³-hybridized carbons (Fsp3) is 0.733. The Bertz CT molecular complexity index is 362. The molecule has 0 amide bonds. The third-order valence-electron chi connectivity index (χ3n) is 4.82. The summed E-state index contributed by atoms with van der Waals surface area (Å²) in [6, 6.07) is 7.56. The molecular formula is C15H24N2S. The van der Waals surface area contributed by atoms with Gasteiger partial charge in [0.25, 0.3) is 0 Å². The van der Waals surface area contributed by atoms with Gasteiger partial charge in [0, 0.05) is 29.0 Å². The van der Waals surface area contributed by atoms with E-state index in [0.29, 0.717) is 6.04 Å². The SMILES string of the molecule is CCC(c1cccs1)N1C2CCC1CC(NC)C2. The Hall–Kier alpha value is -0.380. The van der Waals surface area contributed by atoms with Crippen LogP contribution in [0.3, 0.4) is 0 Å². The lowest BCUT2D eigenvalue weighted by atomic mass is 9.94. The zero-order valence-corrected chi connectivity index (χ0v) is 12.2. The zero-order chi connectivity index (χ0) is 12.5. The fourth-order valence-corrected chi connectivity index (χ4v) is 4.91. The van der Waals surface area contributed by atoms with Gasteiger partial charge in [0.05, 0.1) is 0 Å². The molecule has 2 saturated heterocycles. The highest BCUT2D eigenvalue weighted by atomic mass is 32.1. The molecule has 1 aromatic heterocycles. The van der Waals surface area contributed by atoms with Gasteiger partial charge in [0.15, 0.2) is 0 Å². The Kier molecular flexibility index (Phi) is 3.73. The highest BCUT2D eigenvalue weighted by Crippen LogP contribution is 2.43. The second-order valence-electron chi connectivity index (χ2n) is 5.73. The van der Waals surface area contributed by atoms with Gasteiger partial charge in [0.1, 0.15) is 0 Å². The summed E-state index contributed by atoms with van der Waals surface area (Å²) in [7, 11) is 2.12. The van der Waals surface area contributed by atoms with Gasteiger partial charge in [-0.15, -0.1) is 11.3 Å². The van der Waals surface area contributed by atoms with Crippen LogP contribution in [0, 0.1) is 0 Å². The maximum atomic E-state index is 3.49. The van der Waals surface area contributed by atoms with Crippen LogP contribution in [0.25, 0.3) is 0 Å². The molecule has 1 aromatic rings. The average molecular weight is 264 g/mol. The van der Waals surface area contributed by atoms with Gasteiger partial charge in [-0.2, -0.15) is 0 Å². The number of nitrogens with zero attached hydrogens (tertiary/aromatic N) is 1. The highest BCUT2D eigenvalue weighted by Gasteiger charge is 2.43. The lowest BCUT2D eigenvalue weighted by molar-refractivity contribution is 0.0702. The summed E-state index contributed by atoms with van der Waals surface area (Å²) in [5, 5.41) is 5.72. The van der Waals surface area contributed by atoms with Gasteiger partial charge < -0.3 is 5.32 Å². The van der Waals surface area contributed by atoms with Crippen molar-refractivity contribution in [2.45, 2.75) is 63.2 Å². The fourth-order valence-electron chi connectivity index (χ4n) is 4.00. The summed E-state index contributed by atoms with van der Waals surface area (Å²) in [5.41, 5.74) is 0. The Labute approximate surface area is 114 Å². The summed E-state index contributed by atoms with van der Waals surface area (Å²) < 4.78 is 0. The summed E-state index contributed by atoms with van der Waals surface area (Å²) in [4.78, 5) is 4.41. The minimum atomic E-state index is 0.667. The molecule has 2 fully saturated rings. The standard InChI is InChI=1S/C15H24N2S/c1-3-14(15-5-4-8-18-15)17-12-6-7-13(17)10-11(9-12)16-2/h4-5,8,11-14,16H,3,6-7,9-10H2,1-2H3.